The highest BCUT2D eigenvalue weighted by Gasteiger charge is 2.26. The van der Waals surface area contributed by atoms with E-state index in [9.17, 15) is 9.59 Å². The number of thioether (sulfide) groups is 1. The maximum atomic E-state index is 11.9. The van der Waals surface area contributed by atoms with Crippen LogP contribution in [0.3, 0.4) is 0 Å². The number of fused-ring (bicyclic) bond motifs is 1. The quantitative estimate of drug-likeness (QED) is 0.414. The van der Waals surface area contributed by atoms with Crippen molar-refractivity contribution in [3.05, 3.63) is 46.4 Å². The van der Waals surface area contributed by atoms with Crippen molar-refractivity contribution in [1.29, 1.82) is 0 Å². The van der Waals surface area contributed by atoms with Gasteiger partial charge in [0.15, 0.2) is 5.78 Å². The third-order valence-electron chi connectivity index (χ3n) is 2.15. The van der Waals surface area contributed by atoms with Gasteiger partial charge in [0, 0.05) is 29.0 Å². The third kappa shape index (κ3) is 2.57. The molecule has 0 saturated heterocycles. The molecule has 1 aliphatic rings. The van der Waals surface area contributed by atoms with Crippen molar-refractivity contribution < 1.29 is 27.4 Å². The summed E-state index contributed by atoms with van der Waals surface area (Å²) < 4.78 is 0. The van der Waals surface area contributed by atoms with Crippen LogP contribution in [0.5, 0.6) is 0 Å². The summed E-state index contributed by atoms with van der Waals surface area (Å²) in [5.41, 5.74) is 6.13. The van der Waals surface area contributed by atoms with Crippen LogP contribution in [0.1, 0.15) is 20.7 Å². The lowest BCUT2D eigenvalue weighted by Gasteiger charge is -2.12. The van der Waals surface area contributed by atoms with Gasteiger partial charge in [-0.15, -0.1) is 0 Å². The Hall–Kier alpha value is -1.59. The van der Waals surface area contributed by atoms with Crippen molar-refractivity contribution in [2.24, 2.45) is 5.73 Å². The van der Waals surface area contributed by atoms with Gasteiger partial charge < -0.3 is 12.4 Å². The van der Waals surface area contributed by atoms with E-state index in [1.165, 1.54) is 6.08 Å². The molecule has 0 unspecified atom stereocenters. The van der Waals surface area contributed by atoms with Gasteiger partial charge in [-0.1, -0.05) is 24.3 Å². The first kappa shape index (κ1) is 13.5. The lowest BCUT2D eigenvalue weighted by Crippen LogP contribution is -3.00. The molecule has 88 valence electrons. The Labute approximate surface area is 108 Å². The Bertz CT molecular complexity index is 540. The van der Waals surface area contributed by atoms with E-state index in [-0.39, 0.29) is 34.0 Å². The second-order valence-electron chi connectivity index (χ2n) is 3.25. The molecule has 1 aliphatic carbocycles. The summed E-state index contributed by atoms with van der Waals surface area (Å²) in [6, 6.07) is 6.69. The zero-order valence-electron chi connectivity index (χ0n) is 8.64. The molecule has 0 radical (unpaired) electrons. The van der Waals surface area contributed by atoms with E-state index in [0.29, 0.717) is 11.1 Å². The average Bonchev–Trinajstić information content (AvgIpc) is 2.25. The van der Waals surface area contributed by atoms with Crippen molar-refractivity contribution in [3.63, 3.8) is 0 Å². The predicted molar refractivity (Wildman–Crippen MR) is 61.9 cm³/mol. The zero-order chi connectivity index (χ0) is 11.7. The number of ketones is 2. The zero-order valence-corrected chi connectivity index (χ0v) is 10.2. The molecule has 0 heterocycles. The van der Waals surface area contributed by atoms with Crippen LogP contribution in [0.2, 0.25) is 0 Å². The second kappa shape index (κ2) is 5.16. The Morgan fingerprint density at radius 3 is 2.35 bits per heavy atom. The standard InChI is InChI=1S/C11H8N2O2S.ClH/c12-11(13)16-9-5-8(14)6-3-1-2-4-7(6)10(9)15;/h1-5H,(H3,12,13);1H. The number of carbonyl (C=O) groups is 2. The molecule has 0 aliphatic heterocycles. The van der Waals surface area contributed by atoms with Gasteiger partial charge in [0.2, 0.25) is 5.78 Å². The highest BCUT2D eigenvalue weighted by Crippen LogP contribution is 2.27. The molecule has 2 rings (SSSR count). The summed E-state index contributed by atoms with van der Waals surface area (Å²) in [6.45, 7) is 0. The van der Waals surface area contributed by atoms with Gasteiger partial charge in [-0.2, -0.15) is 0 Å². The second-order valence-corrected chi connectivity index (χ2v) is 4.37. The smallest absolute Gasteiger partial charge is 0.304 e. The molecule has 0 aromatic heterocycles. The molecule has 0 fully saturated rings. The topological polar surface area (TPSA) is 85.8 Å². The van der Waals surface area contributed by atoms with Gasteiger partial charge in [0.25, 0.3) is 0 Å². The summed E-state index contributed by atoms with van der Waals surface area (Å²) in [5, 5.41) is 5.35. The number of Topliss-reactive ketones (excluding diaryl/α,β-unsaturated/α-hetero) is 1. The lowest BCUT2D eigenvalue weighted by molar-refractivity contribution is -0.110. The van der Waals surface area contributed by atoms with Crippen LogP contribution >= 0.6 is 11.8 Å². The molecule has 4 nitrogen and oxygen atoms in total. The molecule has 0 amide bonds. The number of halogens is 1. The van der Waals surface area contributed by atoms with Crippen LogP contribution in [0.15, 0.2) is 35.2 Å². The molecule has 17 heavy (non-hydrogen) atoms. The monoisotopic (exact) mass is 268 g/mol. The Morgan fingerprint density at radius 2 is 1.76 bits per heavy atom. The van der Waals surface area contributed by atoms with Crippen LogP contribution in [0.4, 0.5) is 0 Å². The van der Waals surface area contributed by atoms with Gasteiger partial charge in [0.05, 0.1) is 4.91 Å². The van der Waals surface area contributed by atoms with Crippen molar-refractivity contribution >= 4 is 28.5 Å². The fourth-order valence-corrected chi connectivity index (χ4v) is 2.12. The Balaban J connectivity index is 0.00000144. The molecular weight excluding hydrogens is 260 g/mol. The highest BCUT2D eigenvalue weighted by molar-refractivity contribution is 8.17. The van der Waals surface area contributed by atoms with Crippen molar-refractivity contribution in [1.82, 2.24) is 0 Å². The Kier molecular flexibility index (Phi) is 4.09. The number of nitrogens with two attached hydrogens (primary N) is 2. The van der Waals surface area contributed by atoms with E-state index in [1.807, 2.05) is 0 Å². The molecule has 0 bridgehead atoms. The van der Waals surface area contributed by atoms with E-state index in [4.69, 9.17) is 11.1 Å². The van der Waals surface area contributed by atoms with Gasteiger partial charge in [-0.05, 0) is 0 Å². The van der Waals surface area contributed by atoms with E-state index in [1.54, 1.807) is 24.3 Å². The Morgan fingerprint density at radius 1 is 1.18 bits per heavy atom. The molecule has 0 atom stereocenters. The largest absolute Gasteiger partial charge is 1.00 e. The molecule has 0 spiro atoms. The number of hydrogen-bond donors (Lipinski definition) is 2. The molecule has 1 aromatic carbocycles. The normalized spacial score (nSPS) is 13.5. The minimum atomic E-state index is -0.214. The van der Waals surface area contributed by atoms with E-state index < -0.39 is 0 Å². The van der Waals surface area contributed by atoms with Gasteiger partial charge in [0.1, 0.15) is 0 Å². The maximum absolute atomic E-state index is 11.9. The van der Waals surface area contributed by atoms with Crippen LogP contribution < -0.4 is 23.5 Å². The fraction of sp³-hybridized carbons (Fsp3) is 0. The summed E-state index contributed by atoms with van der Waals surface area (Å²) in [4.78, 5) is 23.9. The molecule has 0 saturated carbocycles. The molecular formula is C11H9ClN2O2S. The minimum Gasteiger partial charge on any atom is -1.00 e. The minimum absolute atomic E-state index is 0. The van der Waals surface area contributed by atoms with Gasteiger partial charge >= 0.3 is 5.17 Å². The average molecular weight is 269 g/mol. The summed E-state index contributed by atoms with van der Waals surface area (Å²) in [5.74, 6) is -0.410. The van der Waals surface area contributed by atoms with Crippen LogP contribution in [-0.4, -0.2) is 16.7 Å². The number of rotatable bonds is 1. The van der Waals surface area contributed by atoms with Crippen LogP contribution in [0, 0.1) is 0 Å². The number of hydrogen-bond acceptors (Lipinski definition) is 3. The van der Waals surface area contributed by atoms with Crippen molar-refractivity contribution in [2.75, 3.05) is 0 Å². The molecule has 4 N–H and O–H groups in total. The first-order valence-electron chi connectivity index (χ1n) is 4.55. The first-order chi connectivity index (χ1) is 7.59. The van der Waals surface area contributed by atoms with Crippen LogP contribution in [0.25, 0.3) is 0 Å². The van der Waals surface area contributed by atoms with Crippen molar-refractivity contribution in [2.45, 2.75) is 0 Å². The van der Waals surface area contributed by atoms with E-state index >= 15 is 0 Å². The van der Waals surface area contributed by atoms with E-state index in [0.717, 1.165) is 11.8 Å². The van der Waals surface area contributed by atoms with Crippen LogP contribution in [-0.2, 0) is 0 Å². The maximum Gasteiger partial charge on any atom is 0.304 e. The summed E-state index contributed by atoms with van der Waals surface area (Å²) in [6.07, 6.45) is 1.27. The summed E-state index contributed by atoms with van der Waals surface area (Å²) >= 11 is 0.914. The molecule has 6 heteroatoms. The number of carbonyl (C=O) groups excluding carboxylic acids is 2. The lowest BCUT2D eigenvalue weighted by atomic mass is 9.95. The first-order valence-corrected chi connectivity index (χ1v) is 5.37. The van der Waals surface area contributed by atoms with Crippen molar-refractivity contribution in [3.8, 4) is 0 Å². The van der Waals surface area contributed by atoms with Gasteiger partial charge in [-0.25, -0.2) is 0 Å². The van der Waals surface area contributed by atoms with E-state index in [2.05, 4.69) is 0 Å². The third-order valence-corrected chi connectivity index (χ3v) is 2.91. The number of amidine groups is 1. The fourth-order valence-electron chi connectivity index (χ4n) is 1.49. The summed E-state index contributed by atoms with van der Waals surface area (Å²) in [7, 11) is 0. The number of benzene rings is 1. The number of allylic oxidation sites excluding steroid dienone is 2. The SMILES string of the molecule is NC(=[NH2+])SC1=CC(=O)c2ccccc2C1=O.[Cl-]. The highest BCUT2D eigenvalue weighted by atomic mass is 35.5. The van der Waals surface area contributed by atoms with Gasteiger partial charge in [-0.3, -0.25) is 20.7 Å². The predicted octanol–water partition coefficient (Wildman–Crippen LogP) is -3.24. The molecule has 1 aromatic rings.